The van der Waals surface area contributed by atoms with Crippen molar-refractivity contribution < 1.29 is 0 Å². The van der Waals surface area contributed by atoms with Crippen molar-refractivity contribution >= 4 is 0 Å². The van der Waals surface area contributed by atoms with E-state index < -0.39 is 0 Å². The molecular weight excluding hydrogens is 206 g/mol. The van der Waals surface area contributed by atoms with Gasteiger partial charge in [0.1, 0.15) is 0 Å². The first-order chi connectivity index (χ1) is 8.24. The summed E-state index contributed by atoms with van der Waals surface area (Å²) in [4.78, 5) is 0. The van der Waals surface area contributed by atoms with E-state index in [9.17, 15) is 0 Å². The zero-order valence-electron chi connectivity index (χ0n) is 11.3. The lowest BCUT2D eigenvalue weighted by Crippen LogP contribution is -2.35. The van der Waals surface area contributed by atoms with Gasteiger partial charge in [-0.25, -0.2) is 0 Å². The molecule has 3 atom stereocenters. The van der Waals surface area contributed by atoms with E-state index in [1.54, 1.807) is 0 Å². The van der Waals surface area contributed by atoms with Crippen molar-refractivity contribution in [2.75, 3.05) is 7.05 Å². The largest absolute Gasteiger partial charge is 0.316 e. The maximum atomic E-state index is 3.87. The van der Waals surface area contributed by atoms with Gasteiger partial charge in [0.2, 0.25) is 0 Å². The zero-order valence-corrected chi connectivity index (χ0v) is 11.3. The van der Waals surface area contributed by atoms with Crippen LogP contribution >= 0.6 is 0 Å². The SMILES string of the molecule is C=CCC(NC)C(c1ccccc1)C(C)CC. The van der Waals surface area contributed by atoms with Crippen molar-refractivity contribution in [3.05, 3.63) is 48.6 Å². The number of nitrogens with one attached hydrogen (secondary N) is 1. The van der Waals surface area contributed by atoms with E-state index >= 15 is 0 Å². The lowest BCUT2D eigenvalue weighted by atomic mass is 9.79. The van der Waals surface area contributed by atoms with E-state index in [1.165, 1.54) is 12.0 Å². The van der Waals surface area contributed by atoms with E-state index in [0.29, 0.717) is 17.9 Å². The van der Waals surface area contributed by atoms with Gasteiger partial charge in [0.05, 0.1) is 0 Å². The van der Waals surface area contributed by atoms with E-state index in [1.807, 2.05) is 13.1 Å². The van der Waals surface area contributed by atoms with Gasteiger partial charge < -0.3 is 5.32 Å². The van der Waals surface area contributed by atoms with Gasteiger partial charge in [0.25, 0.3) is 0 Å². The topological polar surface area (TPSA) is 12.0 Å². The number of benzene rings is 1. The van der Waals surface area contributed by atoms with Crippen molar-refractivity contribution in [1.29, 1.82) is 0 Å². The molecule has 1 rings (SSSR count). The Hall–Kier alpha value is -1.08. The molecule has 0 aliphatic heterocycles. The van der Waals surface area contributed by atoms with Gasteiger partial charge in [-0.1, -0.05) is 56.7 Å². The molecule has 0 saturated carbocycles. The molecule has 0 aliphatic carbocycles. The fourth-order valence-corrected chi connectivity index (χ4v) is 2.51. The maximum Gasteiger partial charge on any atom is 0.0170 e. The van der Waals surface area contributed by atoms with Crippen molar-refractivity contribution in [3.8, 4) is 0 Å². The number of rotatable bonds is 7. The van der Waals surface area contributed by atoms with Crippen LogP contribution in [-0.4, -0.2) is 13.1 Å². The highest BCUT2D eigenvalue weighted by Gasteiger charge is 2.25. The Kier molecular flexibility index (Phi) is 5.99. The average Bonchev–Trinajstić information content (AvgIpc) is 2.39. The smallest absolute Gasteiger partial charge is 0.0170 e. The molecule has 94 valence electrons. The first kappa shape index (κ1) is 14.0. The third kappa shape index (κ3) is 3.71. The van der Waals surface area contributed by atoms with Crippen LogP contribution in [0.25, 0.3) is 0 Å². The summed E-state index contributed by atoms with van der Waals surface area (Å²) in [5.74, 6) is 1.24. The van der Waals surface area contributed by atoms with Gasteiger partial charge in [-0.15, -0.1) is 6.58 Å². The molecule has 0 aromatic heterocycles. The second-order valence-corrected chi connectivity index (χ2v) is 4.74. The molecule has 0 saturated heterocycles. The summed E-state index contributed by atoms with van der Waals surface area (Å²) in [6.45, 7) is 8.47. The highest BCUT2D eigenvalue weighted by atomic mass is 14.9. The average molecular weight is 231 g/mol. The van der Waals surface area contributed by atoms with Gasteiger partial charge in [-0.05, 0) is 24.9 Å². The standard InChI is InChI=1S/C16H25N/c1-5-10-15(17-4)16(13(3)6-2)14-11-8-7-9-12-14/h5,7-9,11-13,15-17H,1,6,10H2,2-4H3. The van der Waals surface area contributed by atoms with Crippen LogP contribution in [0.15, 0.2) is 43.0 Å². The lowest BCUT2D eigenvalue weighted by Gasteiger charge is -2.31. The Morgan fingerprint density at radius 3 is 2.41 bits per heavy atom. The molecule has 1 nitrogen and oxygen atoms in total. The molecule has 1 heteroatoms. The van der Waals surface area contributed by atoms with E-state index in [-0.39, 0.29) is 0 Å². The summed E-state index contributed by atoms with van der Waals surface area (Å²) in [5, 5.41) is 3.45. The second-order valence-electron chi connectivity index (χ2n) is 4.74. The van der Waals surface area contributed by atoms with Crippen LogP contribution in [0.4, 0.5) is 0 Å². The van der Waals surface area contributed by atoms with Crippen LogP contribution in [0.5, 0.6) is 0 Å². The third-order valence-electron chi connectivity index (χ3n) is 3.67. The summed E-state index contributed by atoms with van der Waals surface area (Å²) in [7, 11) is 2.05. The highest BCUT2D eigenvalue weighted by molar-refractivity contribution is 5.22. The molecule has 0 amide bonds. The van der Waals surface area contributed by atoms with Crippen LogP contribution < -0.4 is 5.32 Å². The quantitative estimate of drug-likeness (QED) is 0.700. The van der Waals surface area contributed by atoms with Crippen molar-refractivity contribution in [1.82, 2.24) is 5.32 Å². The lowest BCUT2D eigenvalue weighted by molar-refractivity contribution is 0.349. The fraction of sp³-hybridized carbons (Fsp3) is 0.500. The molecule has 17 heavy (non-hydrogen) atoms. The predicted molar refractivity (Wildman–Crippen MR) is 76.3 cm³/mol. The first-order valence-corrected chi connectivity index (χ1v) is 6.57. The highest BCUT2D eigenvalue weighted by Crippen LogP contribution is 2.31. The molecular formula is C16H25N. The molecule has 0 fully saturated rings. The van der Waals surface area contributed by atoms with Crippen molar-refractivity contribution in [2.24, 2.45) is 5.92 Å². The van der Waals surface area contributed by atoms with Gasteiger partial charge in [-0.2, -0.15) is 0 Å². The molecule has 1 aromatic carbocycles. The van der Waals surface area contributed by atoms with E-state index in [4.69, 9.17) is 0 Å². The molecule has 0 radical (unpaired) electrons. The third-order valence-corrected chi connectivity index (χ3v) is 3.67. The van der Waals surface area contributed by atoms with Crippen LogP contribution in [0.1, 0.15) is 38.2 Å². The fourth-order valence-electron chi connectivity index (χ4n) is 2.51. The Morgan fingerprint density at radius 1 is 1.29 bits per heavy atom. The minimum Gasteiger partial charge on any atom is -0.316 e. The molecule has 1 N–H and O–H groups in total. The first-order valence-electron chi connectivity index (χ1n) is 6.57. The summed E-state index contributed by atoms with van der Waals surface area (Å²) >= 11 is 0. The molecule has 0 aliphatic rings. The maximum absolute atomic E-state index is 3.87. The summed E-state index contributed by atoms with van der Waals surface area (Å²) in [6.07, 6.45) is 4.23. The summed E-state index contributed by atoms with van der Waals surface area (Å²) < 4.78 is 0. The van der Waals surface area contributed by atoms with Gasteiger partial charge in [0, 0.05) is 12.0 Å². The molecule has 0 spiro atoms. The van der Waals surface area contributed by atoms with E-state index in [0.717, 1.165) is 6.42 Å². The zero-order chi connectivity index (χ0) is 12.7. The molecule has 0 bridgehead atoms. The Bertz CT molecular complexity index is 318. The minimum atomic E-state index is 0.477. The predicted octanol–water partition coefficient (Wildman–Crippen LogP) is 3.98. The Labute approximate surface area is 106 Å². The number of hydrogen-bond donors (Lipinski definition) is 1. The Morgan fingerprint density at radius 2 is 1.94 bits per heavy atom. The number of hydrogen-bond acceptors (Lipinski definition) is 1. The minimum absolute atomic E-state index is 0.477. The van der Waals surface area contributed by atoms with Crippen molar-refractivity contribution in [2.45, 2.75) is 38.6 Å². The monoisotopic (exact) mass is 231 g/mol. The van der Waals surface area contributed by atoms with Gasteiger partial charge in [-0.3, -0.25) is 0 Å². The van der Waals surface area contributed by atoms with Gasteiger partial charge in [0.15, 0.2) is 0 Å². The molecule has 0 heterocycles. The summed E-state index contributed by atoms with van der Waals surface area (Å²) in [6, 6.07) is 11.3. The summed E-state index contributed by atoms with van der Waals surface area (Å²) in [5.41, 5.74) is 1.43. The van der Waals surface area contributed by atoms with Crippen LogP contribution in [0.2, 0.25) is 0 Å². The normalized spacial score (nSPS) is 16.2. The van der Waals surface area contributed by atoms with E-state index in [2.05, 4.69) is 56.1 Å². The van der Waals surface area contributed by atoms with Gasteiger partial charge >= 0.3 is 0 Å². The second kappa shape index (κ2) is 7.29. The van der Waals surface area contributed by atoms with Crippen LogP contribution in [0.3, 0.4) is 0 Å². The van der Waals surface area contributed by atoms with Crippen molar-refractivity contribution in [3.63, 3.8) is 0 Å². The Balaban J connectivity index is 2.98. The molecule has 3 unspecified atom stereocenters. The molecule has 1 aromatic rings. The van der Waals surface area contributed by atoms with Crippen LogP contribution in [-0.2, 0) is 0 Å². The van der Waals surface area contributed by atoms with Crippen LogP contribution in [0, 0.1) is 5.92 Å². The number of likely N-dealkylation sites (N-methyl/N-ethyl adjacent to an activating group) is 1.